The van der Waals surface area contributed by atoms with Gasteiger partial charge in [0.05, 0.1) is 17.3 Å². The molecule has 5 aromatic rings. The highest BCUT2D eigenvalue weighted by molar-refractivity contribution is 7.08. The summed E-state index contributed by atoms with van der Waals surface area (Å²) in [5.74, 6) is -0.0155. The van der Waals surface area contributed by atoms with Gasteiger partial charge in [-0.2, -0.15) is 11.3 Å². The first-order valence-corrected chi connectivity index (χ1v) is 18.0. The van der Waals surface area contributed by atoms with Crippen molar-refractivity contribution >= 4 is 34.0 Å². The molecule has 0 unspecified atom stereocenters. The molecule has 0 saturated carbocycles. The second kappa shape index (κ2) is 16.8. The number of pyridine rings is 1. The number of thiophene rings is 1. The number of aromatic hydroxyl groups is 1. The van der Waals surface area contributed by atoms with Crippen LogP contribution in [0.15, 0.2) is 94.4 Å². The minimum Gasteiger partial charge on any atom is -0.506 e. The number of benzene rings is 3. The Labute approximate surface area is 290 Å². The van der Waals surface area contributed by atoms with Crippen LogP contribution in [0.4, 0.5) is 10.5 Å². The SMILES string of the molecule is O=C(Nc1ccccc1-c1ccsc1)OC1CCN(CCCCc2ccc(CCNC[C@@H](O)c3ccc(O)c4[nH]c(=O)ccc34)cc2)CC1. The Morgan fingerprint density at radius 2 is 1.73 bits per heavy atom. The molecule has 1 aliphatic rings. The molecule has 49 heavy (non-hydrogen) atoms. The van der Waals surface area contributed by atoms with Crippen LogP contribution in [0.1, 0.15) is 48.5 Å². The van der Waals surface area contributed by atoms with Crippen LogP contribution in [-0.4, -0.2) is 65.0 Å². The summed E-state index contributed by atoms with van der Waals surface area (Å²) in [6.07, 6.45) is 4.64. The van der Waals surface area contributed by atoms with E-state index in [1.807, 2.05) is 29.6 Å². The maximum atomic E-state index is 12.7. The van der Waals surface area contributed by atoms with Crippen LogP contribution in [-0.2, 0) is 17.6 Å². The van der Waals surface area contributed by atoms with Gasteiger partial charge in [-0.05, 0) is 109 Å². The number of piperidine rings is 1. The smallest absolute Gasteiger partial charge is 0.411 e. The highest BCUT2D eigenvalue weighted by Gasteiger charge is 2.22. The molecule has 1 atom stereocenters. The molecule has 0 spiro atoms. The second-order valence-electron chi connectivity index (χ2n) is 12.7. The number of ether oxygens (including phenoxy) is 1. The molecule has 6 rings (SSSR count). The van der Waals surface area contributed by atoms with Crippen molar-refractivity contribution in [2.75, 3.05) is 38.0 Å². The average Bonchev–Trinajstić information content (AvgIpc) is 3.65. The number of hydrogen-bond donors (Lipinski definition) is 5. The van der Waals surface area contributed by atoms with E-state index in [2.05, 4.69) is 56.2 Å². The topological polar surface area (TPSA) is 127 Å². The van der Waals surface area contributed by atoms with Crippen molar-refractivity contribution in [3.8, 4) is 16.9 Å². The van der Waals surface area contributed by atoms with Gasteiger partial charge in [-0.1, -0.05) is 48.5 Å². The van der Waals surface area contributed by atoms with E-state index in [1.54, 1.807) is 23.5 Å². The molecule has 10 heteroatoms. The molecule has 3 heterocycles. The molecule has 9 nitrogen and oxygen atoms in total. The predicted octanol–water partition coefficient (Wildman–Crippen LogP) is 6.86. The quantitative estimate of drug-likeness (QED) is 0.0811. The number of aromatic nitrogens is 1. The zero-order chi connectivity index (χ0) is 34.0. The number of aryl methyl sites for hydroxylation is 1. The molecule has 1 fully saturated rings. The normalized spacial score (nSPS) is 14.6. The number of aromatic amines is 1. The van der Waals surface area contributed by atoms with E-state index in [4.69, 9.17) is 4.74 Å². The van der Waals surface area contributed by atoms with Gasteiger partial charge < -0.3 is 30.2 Å². The largest absolute Gasteiger partial charge is 0.506 e. The summed E-state index contributed by atoms with van der Waals surface area (Å²) in [7, 11) is 0. The van der Waals surface area contributed by atoms with Crippen molar-refractivity contribution < 1.29 is 19.7 Å². The van der Waals surface area contributed by atoms with E-state index >= 15 is 0 Å². The summed E-state index contributed by atoms with van der Waals surface area (Å²) < 4.78 is 5.78. The van der Waals surface area contributed by atoms with Crippen LogP contribution in [0.3, 0.4) is 0 Å². The van der Waals surface area contributed by atoms with Gasteiger partial charge in [-0.25, -0.2) is 4.79 Å². The predicted molar refractivity (Wildman–Crippen MR) is 196 cm³/mol. The zero-order valence-corrected chi connectivity index (χ0v) is 28.4. The van der Waals surface area contributed by atoms with Crippen molar-refractivity contribution in [3.05, 3.63) is 117 Å². The lowest BCUT2D eigenvalue weighted by atomic mass is 10.0. The van der Waals surface area contributed by atoms with Crippen molar-refractivity contribution in [2.45, 2.75) is 50.7 Å². The Morgan fingerprint density at radius 3 is 2.51 bits per heavy atom. The lowest BCUT2D eigenvalue weighted by Crippen LogP contribution is -2.38. The Kier molecular flexibility index (Phi) is 11.8. The number of nitrogens with zero attached hydrogens (tertiary/aromatic N) is 1. The number of aliphatic hydroxyl groups is 1. The molecule has 0 bridgehead atoms. The number of phenols is 1. The number of amides is 1. The van der Waals surface area contributed by atoms with Gasteiger partial charge in [0, 0.05) is 36.7 Å². The first kappa shape index (κ1) is 34.4. The molecule has 0 aliphatic carbocycles. The first-order valence-electron chi connectivity index (χ1n) is 17.1. The summed E-state index contributed by atoms with van der Waals surface area (Å²) in [6, 6.07) is 24.9. The average molecular weight is 681 g/mol. The molecule has 1 amide bonds. The fourth-order valence-corrected chi connectivity index (χ4v) is 7.13. The first-order chi connectivity index (χ1) is 23.9. The van der Waals surface area contributed by atoms with Gasteiger partial charge in [-0.3, -0.25) is 10.1 Å². The number of anilines is 1. The van der Waals surface area contributed by atoms with Crippen molar-refractivity contribution in [1.29, 1.82) is 0 Å². The third-order valence-corrected chi connectivity index (χ3v) is 9.89. The number of hydrogen-bond acceptors (Lipinski definition) is 8. The second-order valence-corrected chi connectivity index (χ2v) is 13.4. The molecule has 2 aromatic heterocycles. The summed E-state index contributed by atoms with van der Waals surface area (Å²) in [5, 5.41) is 31.9. The van der Waals surface area contributed by atoms with Gasteiger partial charge >= 0.3 is 6.09 Å². The molecular formula is C39H44N4O5S. The van der Waals surface area contributed by atoms with Crippen LogP contribution >= 0.6 is 11.3 Å². The maximum absolute atomic E-state index is 12.7. The Balaban J connectivity index is 0.843. The zero-order valence-electron chi connectivity index (χ0n) is 27.6. The van der Waals surface area contributed by atoms with Crippen molar-refractivity contribution in [2.24, 2.45) is 0 Å². The standard InChI is InChI=1S/C39H44N4O5S/c44-35-14-12-32(33-13-15-37(46)42-38(33)35)36(45)25-40-20-16-28-10-8-27(9-11-28)5-3-4-21-43-22-17-30(18-23-43)48-39(47)41-34-7-2-1-6-31(34)29-19-24-49-26-29/h1-2,6-15,19,24,26,30,36,40,44-45H,3-5,16-18,20-23,25H2,(H,41,47)(H,42,46)/t36-/m1/s1. The van der Waals surface area contributed by atoms with Gasteiger partial charge in [-0.15, -0.1) is 0 Å². The Hall–Kier alpha value is -4.48. The number of rotatable bonds is 14. The fraction of sp³-hybridized carbons (Fsp3) is 0.333. The highest BCUT2D eigenvalue weighted by atomic mass is 32.1. The third-order valence-electron chi connectivity index (χ3n) is 9.21. The van der Waals surface area contributed by atoms with Gasteiger partial charge in [0.1, 0.15) is 11.9 Å². The molecule has 1 saturated heterocycles. The van der Waals surface area contributed by atoms with E-state index in [0.717, 1.165) is 81.5 Å². The van der Waals surface area contributed by atoms with E-state index < -0.39 is 6.10 Å². The summed E-state index contributed by atoms with van der Waals surface area (Å²) in [5.41, 5.74) is 6.13. The number of likely N-dealkylation sites (tertiary alicyclic amines) is 1. The van der Waals surface area contributed by atoms with Gasteiger partial charge in [0.15, 0.2) is 0 Å². The molecule has 0 radical (unpaired) electrons. The monoisotopic (exact) mass is 680 g/mol. The minimum absolute atomic E-state index is 0.0155. The number of aliphatic hydroxyl groups excluding tert-OH is 1. The van der Waals surface area contributed by atoms with Crippen LogP contribution in [0.2, 0.25) is 0 Å². The van der Waals surface area contributed by atoms with Gasteiger partial charge in [0.2, 0.25) is 5.56 Å². The Bertz CT molecular complexity index is 1870. The summed E-state index contributed by atoms with van der Waals surface area (Å²) >= 11 is 1.63. The lowest BCUT2D eigenvalue weighted by Gasteiger charge is -2.31. The number of unbranched alkanes of at least 4 members (excludes halogenated alkanes) is 1. The molecule has 3 aromatic carbocycles. The van der Waals surface area contributed by atoms with E-state index in [1.165, 1.54) is 23.3 Å². The Morgan fingerprint density at radius 1 is 0.959 bits per heavy atom. The molecule has 1 aliphatic heterocycles. The lowest BCUT2D eigenvalue weighted by molar-refractivity contribution is 0.0585. The van der Waals surface area contributed by atoms with Crippen molar-refractivity contribution in [3.63, 3.8) is 0 Å². The minimum atomic E-state index is -0.770. The number of fused-ring (bicyclic) bond motifs is 1. The van der Waals surface area contributed by atoms with Crippen LogP contribution in [0, 0.1) is 0 Å². The third kappa shape index (κ3) is 9.36. The molecular weight excluding hydrogens is 637 g/mol. The number of carbonyl (C=O) groups is 1. The number of carbonyl (C=O) groups excluding carboxylic acids is 1. The maximum Gasteiger partial charge on any atom is 0.411 e. The fourth-order valence-electron chi connectivity index (χ4n) is 6.47. The van der Waals surface area contributed by atoms with E-state index in [0.29, 0.717) is 23.0 Å². The van der Waals surface area contributed by atoms with Crippen LogP contribution in [0.5, 0.6) is 5.75 Å². The number of phenolic OH excluding ortho intramolecular Hbond substituents is 1. The van der Waals surface area contributed by atoms with Crippen molar-refractivity contribution in [1.82, 2.24) is 15.2 Å². The summed E-state index contributed by atoms with van der Waals surface area (Å²) in [4.78, 5) is 29.4. The van der Waals surface area contributed by atoms with Crippen LogP contribution < -0.4 is 16.2 Å². The number of para-hydroxylation sites is 1. The highest BCUT2D eigenvalue weighted by Crippen LogP contribution is 2.30. The van der Waals surface area contributed by atoms with E-state index in [-0.39, 0.29) is 23.5 Å². The summed E-state index contributed by atoms with van der Waals surface area (Å²) in [6.45, 7) is 4.02. The van der Waals surface area contributed by atoms with Crippen LogP contribution in [0.25, 0.3) is 22.0 Å². The number of nitrogens with one attached hydrogen (secondary N) is 3. The van der Waals surface area contributed by atoms with E-state index in [9.17, 15) is 19.8 Å². The molecule has 256 valence electrons. The molecule has 5 N–H and O–H groups in total. The van der Waals surface area contributed by atoms with Gasteiger partial charge in [0.25, 0.3) is 0 Å². The number of H-pyrrole nitrogens is 1.